The third kappa shape index (κ3) is 5.36. The van der Waals surface area contributed by atoms with Gasteiger partial charge in [-0.2, -0.15) is 8.42 Å². The average Bonchev–Trinajstić information content (AvgIpc) is 3.55. The van der Waals surface area contributed by atoms with Gasteiger partial charge in [0.2, 0.25) is 5.78 Å². The van der Waals surface area contributed by atoms with Crippen molar-refractivity contribution in [1.29, 1.82) is 0 Å². The first-order chi connectivity index (χ1) is 17.2. The van der Waals surface area contributed by atoms with E-state index in [1.54, 1.807) is 0 Å². The first-order valence-electron chi connectivity index (χ1n) is 11.2. The zero-order chi connectivity index (χ0) is 25.4. The summed E-state index contributed by atoms with van der Waals surface area (Å²) in [5.74, 6) is 0.203. The fourth-order valence-electron chi connectivity index (χ4n) is 4.71. The third-order valence-corrected chi connectivity index (χ3v) is 7.98. The summed E-state index contributed by atoms with van der Waals surface area (Å²) in [4.78, 5) is 24.6. The van der Waals surface area contributed by atoms with Gasteiger partial charge in [0.1, 0.15) is 12.1 Å². The van der Waals surface area contributed by atoms with E-state index in [0.29, 0.717) is 34.1 Å². The highest BCUT2D eigenvalue weighted by molar-refractivity contribution is 7.84. The van der Waals surface area contributed by atoms with Crippen molar-refractivity contribution in [3.63, 3.8) is 0 Å². The molecule has 1 aliphatic carbocycles. The van der Waals surface area contributed by atoms with Crippen LogP contribution in [-0.4, -0.2) is 42.7 Å². The van der Waals surface area contributed by atoms with E-state index in [1.807, 2.05) is 29.7 Å². The summed E-state index contributed by atoms with van der Waals surface area (Å²) in [7, 11) is -1.92. The summed E-state index contributed by atoms with van der Waals surface area (Å²) in [5.41, 5.74) is 4.63. The number of nitrogens with one attached hydrogen (secondary N) is 1. The van der Waals surface area contributed by atoms with Gasteiger partial charge < -0.3 is 5.32 Å². The summed E-state index contributed by atoms with van der Waals surface area (Å²) < 4.78 is 26.8. The van der Waals surface area contributed by atoms with Crippen LogP contribution in [0, 0.1) is 5.92 Å². The summed E-state index contributed by atoms with van der Waals surface area (Å²) in [6.45, 7) is 0.789. The van der Waals surface area contributed by atoms with Crippen LogP contribution in [0.1, 0.15) is 50.8 Å². The number of hydrogen-bond acceptors (Lipinski definition) is 9. The van der Waals surface area contributed by atoms with Crippen LogP contribution in [0.4, 0.5) is 5.82 Å². The van der Waals surface area contributed by atoms with Crippen molar-refractivity contribution in [1.82, 2.24) is 14.9 Å². The number of carbonyl (C=O) groups excluding carboxylic acids is 1. The van der Waals surface area contributed by atoms with Gasteiger partial charge in [0.15, 0.2) is 0 Å². The summed E-state index contributed by atoms with van der Waals surface area (Å²) in [6.07, 6.45) is 6.00. The van der Waals surface area contributed by atoms with Crippen LogP contribution in [0.15, 0.2) is 53.9 Å². The van der Waals surface area contributed by atoms with Crippen molar-refractivity contribution in [2.75, 3.05) is 19.0 Å². The second-order valence-electron chi connectivity index (χ2n) is 8.96. The number of carbonyl (C=O) groups is 1. The number of fused-ring (bicyclic) bond motifs is 1. The van der Waals surface area contributed by atoms with Crippen molar-refractivity contribution in [3.8, 4) is 0 Å². The lowest BCUT2D eigenvalue weighted by molar-refractivity contribution is 0.104. The molecule has 2 aliphatic rings. The number of rotatable bonds is 8. The van der Waals surface area contributed by atoms with Crippen molar-refractivity contribution in [2.24, 2.45) is 11.1 Å². The number of nitrogens with zero attached hydrogens (tertiary/aromatic N) is 3. The normalized spacial score (nSPS) is 19.8. The first-order valence-corrected chi connectivity index (χ1v) is 14.0. The summed E-state index contributed by atoms with van der Waals surface area (Å²) in [6, 6.07) is 7.93. The predicted octanol–water partition coefficient (Wildman–Crippen LogP) is 3.88. The molecule has 1 aromatic carbocycles. The molecule has 0 amide bonds. The van der Waals surface area contributed by atoms with E-state index in [1.165, 1.54) is 35.0 Å². The summed E-state index contributed by atoms with van der Waals surface area (Å²) >= 11 is 7.57. The summed E-state index contributed by atoms with van der Waals surface area (Å²) in [5, 5.41) is 10.9. The molecule has 2 aromatic heterocycles. The highest BCUT2D eigenvalue weighted by atomic mass is 35.5. The molecule has 2 atom stereocenters. The monoisotopic (exact) mass is 545 g/mol. The molecule has 3 heterocycles. The lowest BCUT2D eigenvalue weighted by Gasteiger charge is -2.19. The molecule has 5 rings (SSSR count). The number of allylic oxidation sites excluding steroid dienone is 2. The molecule has 3 N–H and O–H groups in total. The minimum Gasteiger partial charge on any atom is -0.343 e. The smallest absolute Gasteiger partial charge is 0.333 e. The number of nitrogens with two attached hydrogens (primary N) is 1. The fourth-order valence-corrected chi connectivity index (χ4v) is 6.17. The lowest BCUT2D eigenvalue weighted by Crippen LogP contribution is -2.20. The lowest BCUT2D eigenvalue weighted by atomic mass is 9.99. The molecular formula is C24H24ClN5O4S2. The first kappa shape index (κ1) is 25.0. The molecule has 0 radical (unpaired) electrons. The molecule has 0 fully saturated rings. The Labute approximate surface area is 218 Å². The molecule has 36 heavy (non-hydrogen) atoms. The highest BCUT2D eigenvalue weighted by Gasteiger charge is 2.30. The van der Waals surface area contributed by atoms with Crippen LogP contribution in [0.5, 0.6) is 0 Å². The Morgan fingerprint density at radius 3 is 3.00 bits per heavy atom. The van der Waals surface area contributed by atoms with Gasteiger partial charge in [-0.05, 0) is 66.1 Å². The number of thiophene rings is 1. The minimum absolute atomic E-state index is 0.000998. The Morgan fingerprint density at radius 2 is 2.19 bits per heavy atom. The largest absolute Gasteiger partial charge is 0.343 e. The van der Waals surface area contributed by atoms with E-state index in [4.69, 9.17) is 20.9 Å². The Hall–Kier alpha value is -2.67. The van der Waals surface area contributed by atoms with Gasteiger partial charge in [0.25, 0.3) is 0 Å². The van der Waals surface area contributed by atoms with E-state index in [-0.39, 0.29) is 24.3 Å². The predicted molar refractivity (Wildman–Crippen MR) is 138 cm³/mol. The van der Waals surface area contributed by atoms with E-state index in [0.717, 1.165) is 17.8 Å². The zero-order valence-corrected chi connectivity index (χ0v) is 21.7. The molecule has 3 aromatic rings. The van der Waals surface area contributed by atoms with E-state index in [9.17, 15) is 13.2 Å². The van der Waals surface area contributed by atoms with Gasteiger partial charge in [0.05, 0.1) is 23.1 Å². The van der Waals surface area contributed by atoms with Gasteiger partial charge in [-0.25, -0.2) is 15.1 Å². The van der Waals surface area contributed by atoms with Crippen molar-refractivity contribution < 1.29 is 17.4 Å². The Balaban J connectivity index is 1.32. The number of ketones is 1. The van der Waals surface area contributed by atoms with E-state index in [2.05, 4.69) is 33.3 Å². The second kappa shape index (κ2) is 10.0. The number of halogens is 1. The van der Waals surface area contributed by atoms with Crippen molar-refractivity contribution in [2.45, 2.75) is 25.4 Å². The zero-order valence-electron chi connectivity index (χ0n) is 19.3. The van der Waals surface area contributed by atoms with Gasteiger partial charge in [-0.3, -0.25) is 13.9 Å². The van der Waals surface area contributed by atoms with Gasteiger partial charge in [0, 0.05) is 23.5 Å². The Morgan fingerprint density at radius 1 is 1.36 bits per heavy atom. The molecule has 0 spiro atoms. The molecule has 0 saturated carbocycles. The maximum absolute atomic E-state index is 13.5. The number of aromatic nitrogens is 2. The van der Waals surface area contributed by atoms with E-state index < -0.39 is 10.3 Å². The van der Waals surface area contributed by atoms with Gasteiger partial charge in [-0.1, -0.05) is 23.7 Å². The maximum Gasteiger partial charge on any atom is 0.333 e. The van der Waals surface area contributed by atoms with Crippen molar-refractivity contribution in [3.05, 3.63) is 86.1 Å². The van der Waals surface area contributed by atoms with Crippen LogP contribution < -0.4 is 10.5 Å². The molecular weight excluding hydrogens is 522 g/mol. The maximum atomic E-state index is 13.5. The molecule has 2 unspecified atom stereocenters. The van der Waals surface area contributed by atoms with Crippen LogP contribution in [0.25, 0.3) is 0 Å². The van der Waals surface area contributed by atoms with Crippen molar-refractivity contribution >= 4 is 44.8 Å². The fraction of sp³-hybridized carbons (Fsp3) is 0.292. The number of anilines is 1. The molecule has 1 aliphatic heterocycles. The van der Waals surface area contributed by atoms with Gasteiger partial charge >= 0.3 is 10.3 Å². The second-order valence-corrected chi connectivity index (χ2v) is 11.5. The topological polar surface area (TPSA) is 128 Å². The van der Waals surface area contributed by atoms with Crippen LogP contribution in [-0.2, 0) is 21.0 Å². The Kier molecular flexibility index (Phi) is 6.95. The Bertz CT molecular complexity index is 1460. The molecule has 0 saturated heterocycles. The average molecular weight is 546 g/mol. The number of hydrogen-bond donors (Lipinski definition) is 2. The SMILES string of the molecule is CN1Cc2cc(Cl)ccc2C1c1csc(C(=O)c2cncnc2NC2=CCC(COS(N)(=O)=O)C2)c1. The molecule has 188 valence electrons. The van der Waals surface area contributed by atoms with Crippen LogP contribution >= 0.6 is 22.9 Å². The quantitative estimate of drug-likeness (QED) is 0.408. The minimum atomic E-state index is -3.98. The van der Waals surface area contributed by atoms with Gasteiger partial charge in [-0.15, -0.1) is 11.3 Å². The van der Waals surface area contributed by atoms with E-state index >= 15 is 0 Å². The molecule has 12 heteroatoms. The standard InChI is InChI=1S/C24H24ClN5O4S2/c1-30-10-15-7-17(25)3-5-19(15)22(30)16-8-21(35-12-16)23(31)20-9-27-13-28-24(20)29-18-4-2-14(6-18)11-34-36(26,32)33/h3-5,7-9,12-14,22H,2,6,10-11H2,1H3,(H2,26,32,33)(H,27,28,29). The molecule has 0 bridgehead atoms. The third-order valence-electron chi connectivity index (χ3n) is 6.33. The number of benzene rings is 1. The van der Waals surface area contributed by atoms with Crippen LogP contribution in [0.2, 0.25) is 5.02 Å². The highest BCUT2D eigenvalue weighted by Crippen LogP contribution is 2.40. The molecule has 9 nitrogen and oxygen atoms in total. The van der Waals surface area contributed by atoms with Crippen LogP contribution in [0.3, 0.4) is 0 Å².